The van der Waals surface area contributed by atoms with Crippen LogP contribution in [0.2, 0.25) is 5.02 Å². The van der Waals surface area contributed by atoms with Gasteiger partial charge in [-0.25, -0.2) is 4.79 Å². The molecule has 0 radical (unpaired) electrons. The van der Waals surface area contributed by atoms with Crippen LogP contribution in [0.25, 0.3) is 10.9 Å². The Bertz CT molecular complexity index is 600. The quantitative estimate of drug-likeness (QED) is 0.566. The van der Waals surface area contributed by atoms with Crippen LogP contribution >= 0.6 is 11.6 Å². The van der Waals surface area contributed by atoms with Gasteiger partial charge in [0.1, 0.15) is 5.56 Å². The number of rotatable bonds is 1. The summed E-state index contributed by atoms with van der Waals surface area (Å²) in [4.78, 5) is 11.2. The third-order valence-corrected chi connectivity index (χ3v) is 2.34. The van der Waals surface area contributed by atoms with Crippen molar-refractivity contribution in [1.82, 2.24) is 5.10 Å². The minimum Gasteiger partial charge on any atom is -0.594 e. The molecule has 2 rings (SSSR count). The van der Waals surface area contributed by atoms with Crippen molar-refractivity contribution in [2.75, 3.05) is 5.73 Å². The summed E-state index contributed by atoms with van der Waals surface area (Å²) in [5, 5.41) is 24.3. The minimum atomic E-state index is -1.24. The lowest BCUT2D eigenvalue weighted by molar-refractivity contribution is -0.641. The maximum absolute atomic E-state index is 11.4. The molecule has 1 aromatic heterocycles. The highest BCUT2D eigenvalue weighted by molar-refractivity contribution is 6.31. The van der Waals surface area contributed by atoms with Crippen molar-refractivity contribution in [3.63, 3.8) is 0 Å². The van der Waals surface area contributed by atoms with E-state index in [4.69, 9.17) is 22.4 Å². The molecule has 7 heteroatoms. The fraction of sp³-hybridized carbons (Fsp3) is 0. The first kappa shape index (κ1) is 10.4. The van der Waals surface area contributed by atoms with Gasteiger partial charge in [-0.2, -0.15) is 0 Å². The third-order valence-electron chi connectivity index (χ3n) is 2.10. The van der Waals surface area contributed by atoms with Gasteiger partial charge in [-0.1, -0.05) is 11.6 Å². The van der Waals surface area contributed by atoms with E-state index >= 15 is 0 Å². The highest BCUT2D eigenvalue weighted by atomic mass is 35.5. The van der Waals surface area contributed by atoms with Gasteiger partial charge in [-0.15, -0.1) is 0 Å². The Hall–Kier alpha value is -2.08. The lowest BCUT2D eigenvalue weighted by Crippen LogP contribution is -2.34. The maximum Gasteiger partial charge on any atom is 0.340 e. The van der Waals surface area contributed by atoms with Gasteiger partial charge in [0, 0.05) is 16.2 Å². The lowest BCUT2D eigenvalue weighted by atomic mass is 10.1. The van der Waals surface area contributed by atoms with E-state index in [1.54, 1.807) is 0 Å². The summed E-state index contributed by atoms with van der Waals surface area (Å²) in [6, 6.07) is 4.24. The number of aromatic nitrogens is 2. The predicted octanol–water partition coefficient (Wildman–Crippen LogP) is 0.802. The molecular formula is C9H6ClN3O3. The number of carboxylic acids is 1. The van der Waals surface area contributed by atoms with Crippen LogP contribution in [0.3, 0.4) is 0 Å². The van der Waals surface area contributed by atoms with Crippen molar-refractivity contribution in [3.05, 3.63) is 34.0 Å². The molecule has 0 unspecified atom stereocenters. The first-order chi connectivity index (χ1) is 7.50. The highest BCUT2D eigenvalue weighted by Gasteiger charge is 2.20. The van der Waals surface area contributed by atoms with Gasteiger partial charge in [0.25, 0.3) is 5.52 Å². The van der Waals surface area contributed by atoms with Crippen LogP contribution in [0.1, 0.15) is 10.4 Å². The van der Waals surface area contributed by atoms with Gasteiger partial charge in [0.15, 0.2) is 0 Å². The van der Waals surface area contributed by atoms with E-state index in [0.29, 0.717) is 5.02 Å². The van der Waals surface area contributed by atoms with Crippen LogP contribution in [0.5, 0.6) is 0 Å². The molecule has 0 fully saturated rings. The summed E-state index contributed by atoms with van der Waals surface area (Å²) in [5.74, 6) is -1.56. The second-order valence-electron chi connectivity index (χ2n) is 3.10. The van der Waals surface area contributed by atoms with E-state index in [2.05, 4.69) is 5.10 Å². The average molecular weight is 240 g/mol. The van der Waals surface area contributed by atoms with E-state index in [1.165, 1.54) is 18.2 Å². The molecule has 0 atom stereocenters. The molecule has 1 aromatic carbocycles. The molecule has 0 amide bonds. The van der Waals surface area contributed by atoms with Crippen molar-refractivity contribution in [1.29, 1.82) is 0 Å². The Morgan fingerprint density at radius 1 is 1.56 bits per heavy atom. The SMILES string of the molecule is Nc1n[n+]([O-])c2cc(Cl)ccc2c1C(=O)O. The molecule has 0 saturated heterocycles. The maximum atomic E-state index is 11.4. The lowest BCUT2D eigenvalue weighted by Gasteiger charge is -2.04. The Labute approximate surface area is 94.4 Å². The third kappa shape index (κ3) is 1.49. The minimum absolute atomic E-state index is 0.0686. The first-order valence-electron chi connectivity index (χ1n) is 4.22. The molecule has 1 heterocycles. The molecule has 0 spiro atoms. The summed E-state index contributed by atoms with van der Waals surface area (Å²) in [6.07, 6.45) is 0. The van der Waals surface area contributed by atoms with Crippen LogP contribution in [0.4, 0.5) is 5.82 Å². The molecule has 0 saturated carbocycles. The van der Waals surface area contributed by atoms with Crippen molar-refractivity contribution in [2.24, 2.45) is 0 Å². The number of carboxylic acid groups (broad SMARTS) is 1. The number of fused-ring (bicyclic) bond motifs is 1. The van der Waals surface area contributed by atoms with E-state index in [9.17, 15) is 10.0 Å². The Balaban J connectivity index is 2.95. The van der Waals surface area contributed by atoms with Gasteiger partial charge in [0.05, 0.1) is 5.39 Å². The number of aromatic carboxylic acids is 1. The number of carbonyl (C=O) groups is 1. The van der Waals surface area contributed by atoms with E-state index in [-0.39, 0.29) is 27.1 Å². The fourth-order valence-electron chi connectivity index (χ4n) is 1.44. The molecule has 0 aliphatic carbocycles. The molecule has 0 bridgehead atoms. The number of anilines is 1. The zero-order valence-electron chi connectivity index (χ0n) is 7.85. The Morgan fingerprint density at radius 2 is 2.25 bits per heavy atom. The summed E-state index contributed by atoms with van der Waals surface area (Å²) in [7, 11) is 0. The van der Waals surface area contributed by atoms with Gasteiger partial charge in [0.2, 0.25) is 5.82 Å². The Kier molecular flexibility index (Phi) is 2.28. The normalized spacial score (nSPS) is 10.6. The summed E-state index contributed by atoms with van der Waals surface area (Å²) in [6.45, 7) is 0. The van der Waals surface area contributed by atoms with E-state index in [1.807, 2.05) is 0 Å². The van der Waals surface area contributed by atoms with Gasteiger partial charge in [-0.3, -0.25) is 0 Å². The summed E-state index contributed by atoms with van der Waals surface area (Å²) < 4.78 is 0. The molecule has 2 aromatic rings. The number of hydrogen-bond donors (Lipinski definition) is 2. The van der Waals surface area contributed by atoms with Crippen LogP contribution in [0.15, 0.2) is 18.2 Å². The number of benzene rings is 1. The topological polar surface area (TPSA) is 103 Å². The van der Waals surface area contributed by atoms with Gasteiger partial charge in [-0.05, 0) is 17.0 Å². The second-order valence-corrected chi connectivity index (χ2v) is 3.54. The van der Waals surface area contributed by atoms with Crippen molar-refractivity contribution >= 4 is 34.3 Å². The highest BCUT2D eigenvalue weighted by Crippen LogP contribution is 2.22. The summed E-state index contributed by atoms with van der Waals surface area (Å²) >= 11 is 5.70. The van der Waals surface area contributed by atoms with Crippen molar-refractivity contribution in [2.45, 2.75) is 0 Å². The zero-order chi connectivity index (χ0) is 11.9. The van der Waals surface area contributed by atoms with Crippen LogP contribution in [-0.4, -0.2) is 16.2 Å². The molecule has 3 N–H and O–H groups in total. The van der Waals surface area contributed by atoms with Crippen molar-refractivity contribution in [3.8, 4) is 0 Å². The fourth-order valence-corrected chi connectivity index (χ4v) is 1.61. The number of hydrogen-bond acceptors (Lipinski definition) is 4. The number of nitrogens with zero attached hydrogens (tertiary/aromatic N) is 2. The predicted molar refractivity (Wildman–Crippen MR) is 57.1 cm³/mol. The molecular weight excluding hydrogens is 234 g/mol. The van der Waals surface area contributed by atoms with Crippen LogP contribution in [0, 0.1) is 5.21 Å². The first-order valence-corrected chi connectivity index (χ1v) is 4.60. The summed E-state index contributed by atoms with van der Waals surface area (Å²) in [5.41, 5.74) is 5.25. The smallest absolute Gasteiger partial charge is 0.340 e. The number of nitrogens with two attached hydrogens (primary N) is 1. The number of halogens is 1. The van der Waals surface area contributed by atoms with E-state index in [0.717, 1.165) is 0 Å². The molecule has 6 nitrogen and oxygen atoms in total. The standard InChI is InChI=1S/C9H6ClN3O3/c10-4-1-2-5-6(3-4)13(16)12-8(11)7(5)9(14)15/h1-3H,(H2,11,12)(H,14,15). The zero-order valence-corrected chi connectivity index (χ0v) is 8.60. The molecule has 0 aliphatic rings. The van der Waals surface area contributed by atoms with Crippen LogP contribution < -0.4 is 10.6 Å². The average Bonchev–Trinajstić information content (AvgIpc) is 2.18. The molecule has 0 aliphatic heterocycles. The monoisotopic (exact) mass is 239 g/mol. The van der Waals surface area contributed by atoms with Gasteiger partial charge < -0.3 is 16.0 Å². The van der Waals surface area contributed by atoms with Crippen LogP contribution in [-0.2, 0) is 0 Å². The molecule has 16 heavy (non-hydrogen) atoms. The van der Waals surface area contributed by atoms with Crippen molar-refractivity contribution < 1.29 is 14.7 Å². The molecule has 82 valence electrons. The van der Waals surface area contributed by atoms with E-state index < -0.39 is 5.97 Å². The largest absolute Gasteiger partial charge is 0.594 e. The Morgan fingerprint density at radius 3 is 2.88 bits per heavy atom. The van der Waals surface area contributed by atoms with Gasteiger partial charge >= 0.3 is 5.97 Å². The number of nitrogen functional groups attached to an aromatic ring is 1. The second kappa shape index (κ2) is 3.49.